The van der Waals surface area contributed by atoms with Crippen molar-refractivity contribution in [3.63, 3.8) is 0 Å². The minimum Gasteiger partial charge on any atom is -0.339 e. The van der Waals surface area contributed by atoms with Gasteiger partial charge in [0.15, 0.2) is 5.65 Å². The van der Waals surface area contributed by atoms with Crippen molar-refractivity contribution >= 4 is 37.9 Å². The Morgan fingerprint density at radius 1 is 0.848 bits per heavy atom. The number of rotatable bonds is 4. The van der Waals surface area contributed by atoms with Crippen LogP contribution in [-0.4, -0.2) is 28.2 Å². The standard InChI is InChI=1S/C25H23N5O2S/c1-15-10-12-20(18(4)13-15)26-23-19-7-5-6-8-21(19)30-24(27-23)25(28-29-30)33(31,32)22-14-16(2)9-11-17(22)3/h5-14H,1-4H3,(H,26,27). The molecular weight excluding hydrogens is 434 g/mol. The number of para-hydroxylation sites is 1. The van der Waals surface area contributed by atoms with Gasteiger partial charge in [-0.15, -0.1) is 5.10 Å². The molecule has 5 aromatic rings. The molecule has 166 valence electrons. The number of anilines is 2. The molecule has 0 aliphatic heterocycles. The van der Waals surface area contributed by atoms with E-state index in [1.807, 2.05) is 63.2 Å². The number of nitrogens with zero attached hydrogens (tertiary/aromatic N) is 4. The van der Waals surface area contributed by atoms with E-state index in [-0.39, 0.29) is 15.6 Å². The van der Waals surface area contributed by atoms with Gasteiger partial charge in [0.1, 0.15) is 5.82 Å². The molecule has 0 aliphatic rings. The summed E-state index contributed by atoms with van der Waals surface area (Å²) in [7, 11) is -3.93. The van der Waals surface area contributed by atoms with Crippen molar-refractivity contribution < 1.29 is 8.42 Å². The van der Waals surface area contributed by atoms with Gasteiger partial charge in [-0.3, -0.25) is 0 Å². The molecule has 5 rings (SSSR count). The SMILES string of the molecule is Cc1ccc(Nc2nc3c(S(=O)(=O)c4cc(C)ccc4C)nnn3c3ccccc23)c(C)c1. The van der Waals surface area contributed by atoms with E-state index in [0.29, 0.717) is 16.9 Å². The molecule has 0 fully saturated rings. The lowest BCUT2D eigenvalue weighted by Crippen LogP contribution is -2.07. The van der Waals surface area contributed by atoms with Crippen LogP contribution in [0.5, 0.6) is 0 Å². The predicted molar refractivity (Wildman–Crippen MR) is 129 cm³/mol. The third-order valence-electron chi connectivity index (χ3n) is 5.74. The van der Waals surface area contributed by atoms with Gasteiger partial charge in [0.2, 0.25) is 14.9 Å². The predicted octanol–water partition coefficient (Wildman–Crippen LogP) is 5.09. The quantitative estimate of drug-likeness (QED) is 0.404. The minimum atomic E-state index is -3.93. The Morgan fingerprint density at radius 2 is 1.58 bits per heavy atom. The maximum atomic E-state index is 13.6. The van der Waals surface area contributed by atoms with Crippen LogP contribution in [0, 0.1) is 27.7 Å². The van der Waals surface area contributed by atoms with Gasteiger partial charge in [-0.1, -0.05) is 47.2 Å². The summed E-state index contributed by atoms with van der Waals surface area (Å²) in [4.78, 5) is 4.93. The van der Waals surface area contributed by atoms with E-state index >= 15 is 0 Å². The fraction of sp³-hybridized carbons (Fsp3) is 0.160. The Morgan fingerprint density at radius 3 is 2.36 bits per heavy atom. The van der Waals surface area contributed by atoms with E-state index in [1.54, 1.807) is 19.1 Å². The molecule has 2 heterocycles. The van der Waals surface area contributed by atoms with Gasteiger partial charge in [0.05, 0.1) is 10.4 Å². The molecule has 0 bridgehead atoms. The van der Waals surface area contributed by atoms with E-state index in [2.05, 4.69) is 21.7 Å². The van der Waals surface area contributed by atoms with Gasteiger partial charge in [-0.2, -0.15) is 4.52 Å². The van der Waals surface area contributed by atoms with Crippen molar-refractivity contribution in [2.75, 3.05) is 5.32 Å². The lowest BCUT2D eigenvalue weighted by molar-refractivity contribution is 0.592. The summed E-state index contributed by atoms with van der Waals surface area (Å²) in [6.07, 6.45) is 0. The Balaban J connectivity index is 1.76. The first-order valence-electron chi connectivity index (χ1n) is 10.6. The molecule has 8 heteroatoms. The molecule has 2 aromatic heterocycles. The molecule has 1 N–H and O–H groups in total. The number of nitrogens with one attached hydrogen (secondary N) is 1. The van der Waals surface area contributed by atoms with Crippen LogP contribution in [0.4, 0.5) is 11.5 Å². The zero-order chi connectivity index (χ0) is 23.3. The Hall–Kier alpha value is -3.78. The molecule has 0 atom stereocenters. The lowest BCUT2D eigenvalue weighted by Gasteiger charge is -2.13. The van der Waals surface area contributed by atoms with E-state index in [9.17, 15) is 8.42 Å². The van der Waals surface area contributed by atoms with Gasteiger partial charge in [0, 0.05) is 11.1 Å². The second-order valence-corrected chi connectivity index (χ2v) is 10.2. The maximum Gasteiger partial charge on any atom is 0.229 e. The summed E-state index contributed by atoms with van der Waals surface area (Å²) in [5.74, 6) is 0.546. The van der Waals surface area contributed by atoms with Crippen LogP contribution in [-0.2, 0) is 9.84 Å². The second kappa shape index (κ2) is 7.67. The molecule has 7 nitrogen and oxygen atoms in total. The first-order chi connectivity index (χ1) is 15.8. The largest absolute Gasteiger partial charge is 0.339 e. The average molecular weight is 458 g/mol. The van der Waals surface area contributed by atoms with E-state index in [0.717, 1.165) is 27.8 Å². The summed E-state index contributed by atoms with van der Waals surface area (Å²) in [6.45, 7) is 7.69. The van der Waals surface area contributed by atoms with Crippen molar-refractivity contribution in [2.45, 2.75) is 37.6 Å². The Kier molecular flexibility index (Phi) is 4.90. The molecule has 0 radical (unpaired) electrons. The zero-order valence-corrected chi connectivity index (χ0v) is 19.6. The van der Waals surface area contributed by atoms with Crippen LogP contribution in [0.2, 0.25) is 0 Å². The topological polar surface area (TPSA) is 89.2 Å². The number of aryl methyl sites for hydroxylation is 4. The first kappa shape index (κ1) is 21.1. The van der Waals surface area contributed by atoms with Crippen LogP contribution in [0.15, 0.2) is 70.6 Å². The monoisotopic (exact) mass is 457 g/mol. The minimum absolute atomic E-state index is 0.161. The number of hydrogen-bond donors (Lipinski definition) is 1. The van der Waals surface area contributed by atoms with Gasteiger partial charge >= 0.3 is 0 Å². The first-order valence-corrected chi connectivity index (χ1v) is 12.0. The summed E-state index contributed by atoms with van der Waals surface area (Å²) in [5.41, 5.74) is 5.52. The molecule has 0 saturated carbocycles. The van der Waals surface area contributed by atoms with Crippen molar-refractivity contribution in [1.29, 1.82) is 0 Å². The summed E-state index contributed by atoms with van der Waals surface area (Å²) < 4.78 is 28.7. The highest BCUT2D eigenvalue weighted by molar-refractivity contribution is 7.91. The number of fused-ring (bicyclic) bond motifs is 3. The van der Waals surface area contributed by atoms with Crippen LogP contribution >= 0.6 is 0 Å². The summed E-state index contributed by atoms with van der Waals surface area (Å²) in [5, 5.41) is 12.3. The normalized spacial score (nSPS) is 11.9. The molecule has 0 spiro atoms. The molecule has 3 aromatic carbocycles. The fourth-order valence-corrected chi connectivity index (χ4v) is 5.55. The maximum absolute atomic E-state index is 13.6. The highest BCUT2D eigenvalue weighted by Gasteiger charge is 2.28. The smallest absolute Gasteiger partial charge is 0.229 e. The van der Waals surface area contributed by atoms with Gasteiger partial charge in [0.25, 0.3) is 0 Å². The highest BCUT2D eigenvalue weighted by Crippen LogP contribution is 2.31. The van der Waals surface area contributed by atoms with E-state index < -0.39 is 9.84 Å². The number of benzene rings is 3. The van der Waals surface area contributed by atoms with Crippen molar-refractivity contribution in [3.05, 3.63) is 82.9 Å². The zero-order valence-electron chi connectivity index (χ0n) is 18.8. The Labute approximate surface area is 192 Å². The molecule has 33 heavy (non-hydrogen) atoms. The third kappa shape index (κ3) is 3.52. The van der Waals surface area contributed by atoms with Crippen LogP contribution in [0.25, 0.3) is 16.6 Å². The van der Waals surface area contributed by atoms with Gasteiger partial charge in [-0.25, -0.2) is 13.4 Å². The lowest BCUT2D eigenvalue weighted by atomic mass is 10.1. The molecule has 0 saturated heterocycles. The van der Waals surface area contributed by atoms with Crippen LogP contribution < -0.4 is 5.32 Å². The number of sulfone groups is 1. The summed E-state index contributed by atoms with van der Waals surface area (Å²) >= 11 is 0. The number of hydrogen-bond acceptors (Lipinski definition) is 6. The Bertz CT molecular complexity index is 1660. The van der Waals surface area contributed by atoms with Gasteiger partial charge in [-0.05, 0) is 68.7 Å². The molecular formula is C25H23N5O2S. The van der Waals surface area contributed by atoms with Crippen molar-refractivity contribution in [2.24, 2.45) is 0 Å². The average Bonchev–Trinajstić information content (AvgIpc) is 3.22. The van der Waals surface area contributed by atoms with Crippen molar-refractivity contribution in [3.8, 4) is 0 Å². The van der Waals surface area contributed by atoms with Crippen LogP contribution in [0.1, 0.15) is 22.3 Å². The number of aromatic nitrogens is 4. The highest BCUT2D eigenvalue weighted by atomic mass is 32.2. The van der Waals surface area contributed by atoms with E-state index in [4.69, 9.17) is 4.98 Å². The third-order valence-corrected chi connectivity index (χ3v) is 7.54. The summed E-state index contributed by atoms with van der Waals surface area (Å²) in [6, 6.07) is 19.0. The van der Waals surface area contributed by atoms with Gasteiger partial charge < -0.3 is 5.32 Å². The van der Waals surface area contributed by atoms with Crippen LogP contribution in [0.3, 0.4) is 0 Å². The molecule has 0 unspecified atom stereocenters. The second-order valence-electron chi connectivity index (χ2n) is 8.32. The molecule has 0 aliphatic carbocycles. The van der Waals surface area contributed by atoms with Crippen molar-refractivity contribution in [1.82, 2.24) is 19.8 Å². The molecule has 0 amide bonds. The van der Waals surface area contributed by atoms with E-state index in [1.165, 1.54) is 4.52 Å². The fourth-order valence-electron chi connectivity index (χ4n) is 4.00.